The molecule has 0 aliphatic rings. The molecule has 1 aromatic carbocycles. The van der Waals surface area contributed by atoms with E-state index in [1.165, 1.54) is 9.58 Å². The second-order valence-corrected chi connectivity index (χ2v) is 7.66. The molecule has 1 aromatic heterocycles. The van der Waals surface area contributed by atoms with Gasteiger partial charge >= 0.3 is 0 Å². The standard InChI is InChI=1S/C16H22N4O3S/c1-10-7-8-13(11(2)9-10)24(22,23)18-14-12(3)20(6)17-15(14)16(21)19(4)5/h7-9,18H,1-6H3. The number of hydrogen-bond donors (Lipinski definition) is 1. The Balaban J connectivity index is 2.52. The van der Waals surface area contributed by atoms with Gasteiger partial charge in [0.05, 0.1) is 10.6 Å². The van der Waals surface area contributed by atoms with Gasteiger partial charge in [0.25, 0.3) is 15.9 Å². The minimum absolute atomic E-state index is 0.0772. The first-order valence-corrected chi connectivity index (χ1v) is 8.88. The average molecular weight is 350 g/mol. The number of anilines is 1. The van der Waals surface area contributed by atoms with Crippen LogP contribution < -0.4 is 4.72 Å². The Labute approximate surface area is 142 Å². The molecule has 0 atom stereocenters. The molecule has 0 fully saturated rings. The van der Waals surface area contributed by atoms with Crippen molar-refractivity contribution in [2.45, 2.75) is 25.7 Å². The lowest BCUT2D eigenvalue weighted by atomic mass is 10.2. The Hall–Kier alpha value is -2.35. The number of nitrogens with zero attached hydrogens (tertiary/aromatic N) is 3. The zero-order chi connectivity index (χ0) is 18.2. The molecule has 0 saturated heterocycles. The van der Waals surface area contributed by atoms with Crippen LogP contribution >= 0.6 is 0 Å². The number of aryl methyl sites for hydroxylation is 3. The van der Waals surface area contributed by atoms with Crippen molar-refractivity contribution >= 4 is 21.6 Å². The summed E-state index contributed by atoms with van der Waals surface area (Å²) >= 11 is 0. The number of nitrogens with one attached hydrogen (secondary N) is 1. The largest absolute Gasteiger partial charge is 0.343 e. The number of rotatable bonds is 4. The van der Waals surface area contributed by atoms with Crippen LogP contribution in [0.3, 0.4) is 0 Å². The van der Waals surface area contributed by atoms with Crippen LogP contribution in [0.2, 0.25) is 0 Å². The fourth-order valence-corrected chi connectivity index (χ4v) is 3.74. The van der Waals surface area contributed by atoms with Gasteiger partial charge in [-0.3, -0.25) is 14.2 Å². The van der Waals surface area contributed by atoms with E-state index in [1.807, 2.05) is 6.92 Å². The van der Waals surface area contributed by atoms with Gasteiger partial charge in [-0.25, -0.2) is 8.42 Å². The highest BCUT2D eigenvalue weighted by Crippen LogP contribution is 2.26. The van der Waals surface area contributed by atoms with E-state index in [2.05, 4.69) is 9.82 Å². The predicted octanol–water partition coefficient (Wildman–Crippen LogP) is 1.85. The maximum atomic E-state index is 12.8. The number of hydrogen-bond acceptors (Lipinski definition) is 4. The first kappa shape index (κ1) is 18.0. The van der Waals surface area contributed by atoms with Crippen LogP contribution in [0.25, 0.3) is 0 Å². The van der Waals surface area contributed by atoms with Crippen molar-refractivity contribution in [3.8, 4) is 0 Å². The summed E-state index contributed by atoms with van der Waals surface area (Å²) in [5, 5.41) is 4.14. The molecule has 0 saturated carbocycles. The van der Waals surface area contributed by atoms with Gasteiger partial charge in [-0.15, -0.1) is 0 Å². The van der Waals surface area contributed by atoms with Gasteiger partial charge in [0, 0.05) is 21.1 Å². The molecule has 2 aromatic rings. The van der Waals surface area contributed by atoms with Crippen molar-refractivity contribution < 1.29 is 13.2 Å². The van der Waals surface area contributed by atoms with Gasteiger partial charge in [-0.2, -0.15) is 5.10 Å². The van der Waals surface area contributed by atoms with Crippen molar-refractivity contribution in [3.05, 3.63) is 40.7 Å². The number of sulfonamides is 1. The number of amides is 1. The topological polar surface area (TPSA) is 84.3 Å². The van der Waals surface area contributed by atoms with E-state index in [-0.39, 0.29) is 22.2 Å². The summed E-state index contributed by atoms with van der Waals surface area (Å²) in [5.41, 5.74) is 2.47. The Morgan fingerprint density at radius 1 is 1.21 bits per heavy atom. The summed E-state index contributed by atoms with van der Waals surface area (Å²) in [5.74, 6) is -0.364. The zero-order valence-electron chi connectivity index (χ0n) is 14.7. The lowest BCUT2D eigenvalue weighted by molar-refractivity contribution is 0.0822. The summed E-state index contributed by atoms with van der Waals surface area (Å²) in [6, 6.07) is 5.10. The highest BCUT2D eigenvalue weighted by Gasteiger charge is 2.26. The lowest BCUT2D eigenvalue weighted by Gasteiger charge is -2.13. The predicted molar refractivity (Wildman–Crippen MR) is 92.7 cm³/mol. The quantitative estimate of drug-likeness (QED) is 0.912. The fourth-order valence-electron chi connectivity index (χ4n) is 2.38. The molecule has 2 rings (SSSR count). The molecule has 0 bridgehead atoms. The zero-order valence-corrected chi connectivity index (χ0v) is 15.5. The van der Waals surface area contributed by atoms with Gasteiger partial charge in [0.2, 0.25) is 0 Å². The van der Waals surface area contributed by atoms with Crippen LogP contribution in [-0.2, 0) is 17.1 Å². The van der Waals surface area contributed by atoms with E-state index in [4.69, 9.17) is 0 Å². The monoisotopic (exact) mass is 350 g/mol. The van der Waals surface area contributed by atoms with E-state index in [0.717, 1.165) is 5.56 Å². The van der Waals surface area contributed by atoms with Crippen molar-refractivity contribution in [3.63, 3.8) is 0 Å². The van der Waals surface area contributed by atoms with Gasteiger partial charge in [0.15, 0.2) is 5.69 Å². The van der Waals surface area contributed by atoms with Crippen LogP contribution in [0, 0.1) is 20.8 Å². The molecule has 8 heteroatoms. The summed E-state index contributed by atoms with van der Waals surface area (Å²) in [4.78, 5) is 13.8. The molecule has 0 aliphatic heterocycles. The fraction of sp³-hybridized carbons (Fsp3) is 0.375. The van der Waals surface area contributed by atoms with Gasteiger partial charge < -0.3 is 4.90 Å². The van der Waals surface area contributed by atoms with Crippen molar-refractivity contribution in [2.24, 2.45) is 7.05 Å². The highest BCUT2D eigenvalue weighted by atomic mass is 32.2. The third-order valence-corrected chi connectivity index (χ3v) is 5.31. The lowest BCUT2D eigenvalue weighted by Crippen LogP contribution is -2.24. The van der Waals surface area contributed by atoms with E-state index < -0.39 is 10.0 Å². The van der Waals surface area contributed by atoms with Crippen molar-refractivity contribution in [2.75, 3.05) is 18.8 Å². The molecule has 0 radical (unpaired) electrons. The molecule has 0 aliphatic carbocycles. The second kappa shape index (κ2) is 6.27. The Kier molecular flexibility index (Phi) is 4.70. The molecule has 1 heterocycles. The van der Waals surface area contributed by atoms with Crippen LogP contribution in [0.1, 0.15) is 27.3 Å². The van der Waals surface area contributed by atoms with Crippen LogP contribution in [0.4, 0.5) is 5.69 Å². The highest BCUT2D eigenvalue weighted by molar-refractivity contribution is 7.92. The number of carbonyl (C=O) groups is 1. The summed E-state index contributed by atoms with van der Waals surface area (Å²) in [7, 11) is 1.02. The van der Waals surface area contributed by atoms with Crippen molar-refractivity contribution in [1.82, 2.24) is 14.7 Å². The molecule has 1 N–H and O–H groups in total. The van der Waals surface area contributed by atoms with Gasteiger partial charge in [-0.05, 0) is 32.4 Å². The Morgan fingerprint density at radius 2 is 1.83 bits per heavy atom. The van der Waals surface area contributed by atoms with E-state index >= 15 is 0 Å². The summed E-state index contributed by atoms with van der Waals surface area (Å²) in [6.45, 7) is 5.35. The number of carbonyl (C=O) groups excluding carboxylic acids is 1. The number of benzene rings is 1. The van der Waals surface area contributed by atoms with Crippen LogP contribution in [0.15, 0.2) is 23.1 Å². The summed E-state index contributed by atoms with van der Waals surface area (Å²) in [6.07, 6.45) is 0. The van der Waals surface area contributed by atoms with E-state index in [1.54, 1.807) is 53.2 Å². The van der Waals surface area contributed by atoms with Crippen molar-refractivity contribution in [1.29, 1.82) is 0 Å². The second-order valence-electron chi connectivity index (χ2n) is 6.01. The normalized spacial score (nSPS) is 11.4. The SMILES string of the molecule is Cc1ccc(S(=O)(=O)Nc2c(C(=O)N(C)C)nn(C)c2C)c(C)c1. The molecule has 1 amide bonds. The van der Waals surface area contributed by atoms with E-state index in [0.29, 0.717) is 11.3 Å². The maximum absolute atomic E-state index is 12.8. The smallest absolute Gasteiger partial charge is 0.276 e. The molecular weight excluding hydrogens is 328 g/mol. The number of aromatic nitrogens is 2. The van der Waals surface area contributed by atoms with Gasteiger partial charge in [0.1, 0.15) is 5.69 Å². The molecule has 130 valence electrons. The first-order chi connectivity index (χ1) is 11.0. The minimum Gasteiger partial charge on any atom is -0.343 e. The van der Waals surface area contributed by atoms with E-state index in [9.17, 15) is 13.2 Å². The molecule has 24 heavy (non-hydrogen) atoms. The van der Waals surface area contributed by atoms with Crippen LogP contribution in [-0.4, -0.2) is 43.1 Å². The minimum atomic E-state index is -3.83. The Bertz CT molecular complexity index is 898. The summed E-state index contributed by atoms with van der Waals surface area (Å²) < 4.78 is 29.5. The Morgan fingerprint density at radius 3 is 2.38 bits per heavy atom. The third kappa shape index (κ3) is 3.28. The third-order valence-electron chi connectivity index (χ3n) is 3.80. The van der Waals surface area contributed by atoms with Gasteiger partial charge in [-0.1, -0.05) is 17.7 Å². The molecule has 0 spiro atoms. The molecular formula is C16H22N4O3S. The first-order valence-electron chi connectivity index (χ1n) is 7.40. The molecule has 7 nitrogen and oxygen atoms in total. The average Bonchev–Trinajstić information content (AvgIpc) is 2.73. The molecule has 0 unspecified atom stereocenters. The van der Waals surface area contributed by atoms with Crippen LogP contribution in [0.5, 0.6) is 0 Å². The maximum Gasteiger partial charge on any atom is 0.276 e.